The molecule has 2 aliphatic heterocycles. The van der Waals surface area contributed by atoms with E-state index in [9.17, 15) is 0 Å². The van der Waals surface area contributed by atoms with Gasteiger partial charge in [0.15, 0.2) is 0 Å². The first-order valence-corrected chi connectivity index (χ1v) is 7.36. The molecule has 2 fully saturated rings. The summed E-state index contributed by atoms with van der Waals surface area (Å²) in [4.78, 5) is 7.39. The summed E-state index contributed by atoms with van der Waals surface area (Å²) >= 11 is 0. The summed E-state index contributed by atoms with van der Waals surface area (Å²) in [6.07, 6.45) is 5.77. The third kappa shape index (κ3) is 1.92. The minimum Gasteiger partial charge on any atom is -0.338 e. The second-order valence-electron chi connectivity index (χ2n) is 5.55. The Morgan fingerprint density at radius 3 is 3.06 bits per heavy atom. The van der Waals surface area contributed by atoms with Crippen LogP contribution in [0.15, 0.2) is 6.20 Å². The highest BCUT2D eigenvalue weighted by Crippen LogP contribution is 2.31. The summed E-state index contributed by atoms with van der Waals surface area (Å²) in [5.74, 6) is 2.05. The maximum Gasteiger partial charge on any atom is 0.206 e. The van der Waals surface area contributed by atoms with E-state index in [1.54, 1.807) is 0 Å². The molecule has 100 valence electrons. The molecule has 2 atom stereocenters. The molecule has 1 aromatic heterocycles. The highest BCUT2D eigenvalue weighted by atomic mass is 15.4. The van der Waals surface area contributed by atoms with Gasteiger partial charge < -0.3 is 14.8 Å². The van der Waals surface area contributed by atoms with Gasteiger partial charge in [-0.3, -0.25) is 0 Å². The van der Waals surface area contributed by atoms with Gasteiger partial charge in [-0.1, -0.05) is 13.8 Å². The molecule has 3 rings (SSSR count). The molecule has 0 radical (unpaired) electrons. The second-order valence-corrected chi connectivity index (χ2v) is 5.55. The van der Waals surface area contributed by atoms with Crippen LogP contribution in [0.2, 0.25) is 0 Å². The topological polar surface area (TPSA) is 33.1 Å². The average Bonchev–Trinajstić information content (AvgIpc) is 3.03. The molecule has 0 unspecified atom stereocenters. The van der Waals surface area contributed by atoms with E-state index in [-0.39, 0.29) is 0 Å². The molecule has 2 aliphatic rings. The van der Waals surface area contributed by atoms with E-state index in [4.69, 9.17) is 4.98 Å². The first-order chi connectivity index (χ1) is 8.83. The Morgan fingerprint density at radius 2 is 2.28 bits per heavy atom. The molecule has 18 heavy (non-hydrogen) atoms. The molecular formula is C14H24N4. The van der Waals surface area contributed by atoms with Crippen molar-refractivity contribution in [2.45, 2.75) is 45.7 Å². The molecule has 0 saturated carbocycles. The van der Waals surface area contributed by atoms with E-state index in [0.717, 1.165) is 25.4 Å². The summed E-state index contributed by atoms with van der Waals surface area (Å²) in [6.45, 7) is 9.01. The molecule has 0 bridgehead atoms. The molecule has 4 heteroatoms. The van der Waals surface area contributed by atoms with Crippen LogP contribution in [0.4, 0.5) is 5.95 Å². The molecule has 0 spiro atoms. The Morgan fingerprint density at radius 1 is 1.39 bits per heavy atom. The van der Waals surface area contributed by atoms with Crippen molar-refractivity contribution in [2.24, 2.45) is 5.92 Å². The molecule has 2 saturated heterocycles. The average molecular weight is 248 g/mol. The number of fused-ring (bicyclic) bond motifs is 1. The Kier molecular flexibility index (Phi) is 3.29. The predicted octanol–water partition coefficient (Wildman–Crippen LogP) is 1.65. The number of hydrogen-bond acceptors (Lipinski definition) is 3. The van der Waals surface area contributed by atoms with Crippen molar-refractivity contribution in [1.29, 1.82) is 0 Å². The van der Waals surface area contributed by atoms with Crippen molar-refractivity contribution >= 4 is 5.95 Å². The fourth-order valence-electron chi connectivity index (χ4n) is 3.36. The van der Waals surface area contributed by atoms with Crippen LogP contribution in [-0.2, 0) is 13.0 Å². The van der Waals surface area contributed by atoms with Crippen LogP contribution in [0.1, 0.15) is 32.4 Å². The molecule has 4 nitrogen and oxygen atoms in total. The minimum absolute atomic E-state index is 0.674. The summed E-state index contributed by atoms with van der Waals surface area (Å²) < 4.78 is 2.36. The van der Waals surface area contributed by atoms with Gasteiger partial charge >= 0.3 is 0 Å². The first-order valence-electron chi connectivity index (χ1n) is 7.36. The summed E-state index contributed by atoms with van der Waals surface area (Å²) in [5.41, 5.74) is 1.23. The number of hydrogen-bond donors (Lipinski definition) is 1. The zero-order chi connectivity index (χ0) is 12.5. The minimum atomic E-state index is 0.674. The van der Waals surface area contributed by atoms with Gasteiger partial charge in [0.05, 0.1) is 5.69 Å². The number of nitrogens with zero attached hydrogens (tertiary/aromatic N) is 3. The van der Waals surface area contributed by atoms with Gasteiger partial charge in [-0.15, -0.1) is 0 Å². The van der Waals surface area contributed by atoms with E-state index in [0.29, 0.717) is 6.04 Å². The first kappa shape index (κ1) is 12.0. The second kappa shape index (κ2) is 4.92. The maximum atomic E-state index is 4.85. The van der Waals surface area contributed by atoms with E-state index >= 15 is 0 Å². The lowest BCUT2D eigenvalue weighted by atomic mass is 10.1. The lowest BCUT2D eigenvalue weighted by Crippen LogP contribution is -2.36. The molecule has 0 amide bonds. The third-order valence-electron chi connectivity index (χ3n) is 4.33. The van der Waals surface area contributed by atoms with E-state index in [1.807, 2.05) is 0 Å². The van der Waals surface area contributed by atoms with Gasteiger partial charge in [0.25, 0.3) is 0 Å². The predicted molar refractivity (Wildman–Crippen MR) is 74.0 cm³/mol. The maximum absolute atomic E-state index is 4.85. The fourth-order valence-corrected chi connectivity index (χ4v) is 3.36. The van der Waals surface area contributed by atoms with Crippen molar-refractivity contribution in [2.75, 3.05) is 24.5 Å². The Labute approximate surface area is 109 Å². The lowest BCUT2D eigenvalue weighted by Gasteiger charge is -2.25. The van der Waals surface area contributed by atoms with Gasteiger partial charge in [0.1, 0.15) is 0 Å². The summed E-state index contributed by atoms with van der Waals surface area (Å²) in [7, 11) is 0. The van der Waals surface area contributed by atoms with Crippen molar-refractivity contribution in [1.82, 2.24) is 14.9 Å². The molecule has 1 N–H and O–H groups in total. The van der Waals surface area contributed by atoms with Gasteiger partial charge in [-0.05, 0) is 25.2 Å². The van der Waals surface area contributed by atoms with Gasteiger partial charge in [0, 0.05) is 38.4 Å². The van der Waals surface area contributed by atoms with Crippen LogP contribution < -0.4 is 10.2 Å². The van der Waals surface area contributed by atoms with Crippen LogP contribution in [-0.4, -0.2) is 35.2 Å². The number of nitrogens with one attached hydrogen (secondary N) is 1. The normalized spacial score (nSPS) is 26.9. The van der Waals surface area contributed by atoms with Gasteiger partial charge in [-0.25, -0.2) is 4.98 Å². The van der Waals surface area contributed by atoms with Crippen LogP contribution >= 0.6 is 0 Å². The number of aromatic nitrogens is 2. The highest BCUT2D eigenvalue weighted by molar-refractivity contribution is 5.38. The number of rotatable bonds is 4. The zero-order valence-corrected chi connectivity index (χ0v) is 11.5. The van der Waals surface area contributed by atoms with Crippen molar-refractivity contribution in [3.8, 4) is 0 Å². The van der Waals surface area contributed by atoms with Crippen LogP contribution in [0.3, 0.4) is 0 Å². The van der Waals surface area contributed by atoms with Crippen molar-refractivity contribution in [3.63, 3.8) is 0 Å². The quantitative estimate of drug-likeness (QED) is 0.879. The van der Waals surface area contributed by atoms with Crippen LogP contribution in [0.5, 0.6) is 0 Å². The third-order valence-corrected chi connectivity index (χ3v) is 4.33. The highest BCUT2D eigenvalue weighted by Gasteiger charge is 2.39. The van der Waals surface area contributed by atoms with E-state index < -0.39 is 0 Å². The number of aryl methyl sites for hydroxylation is 2. The molecule has 0 aromatic carbocycles. The SMILES string of the molecule is CCCn1cc(CC)nc1N1CC[C@H]2CNC[C@H]21. The largest absolute Gasteiger partial charge is 0.338 e. The van der Waals surface area contributed by atoms with Gasteiger partial charge in [-0.2, -0.15) is 0 Å². The Balaban J connectivity index is 1.88. The van der Waals surface area contributed by atoms with Gasteiger partial charge in [0.2, 0.25) is 5.95 Å². The number of anilines is 1. The standard InChI is InChI=1S/C14H24N4/c1-3-6-17-10-12(4-2)16-14(17)18-7-5-11-8-15-9-13(11)18/h10-11,13,15H,3-9H2,1-2H3/t11-,13+/m0/s1. The van der Waals surface area contributed by atoms with Crippen molar-refractivity contribution < 1.29 is 0 Å². The zero-order valence-electron chi connectivity index (χ0n) is 11.5. The molecule has 0 aliphatic carbocycles. The Hall–Kier alpha value is -1.03. The monoisotopic (exact) mass is 248 g/mol. The molecular weight excluding hydrogens is 224 g/mol. The summed E-state index contributed by atoms with van der Waals surface area (Å²) in [5, 5.41) is 3.52. The van der Waals surface area contributed by atoms with Crippen LogP contribution in [0.25, 0.3) is 0 Å². The van der Waals surface area contributed by atoms with E-state index in [1.165, 1.54) is 37.6 Å². The summed E-state index contributed by atoms with van der Waals surface area (Å²) in [6, 6.07) is 0.674. The van der Waals surface area contributed by atoms with Crippen LogP contribution in [0, 0.1) is 5.92 Å². The Bertz CT molecular complexity index is 412. The molecule has 1 aromatic rings. The smallest absolute Gasteiger partial charge is 0.206 e. The lowest BCUT2D eigenvalue weighted by molar-refractivity contribution is 0.568. The van der Waals surface area contributed by atoms with E-state index in [2.05, 4.69) is 34.8 Å². The number of imidazole rings is 1. The fraction of sp³-hybridized carbons (Fsp3) is 0.786. The molecule has 3 heterocycles. The van der Waals surface area contributed by atoms with Crippen molar-refractivity contribution in [3.05, 3.63) is 11.9 Å².